The maximum Gasteiger partial charge on any atom is 0.357 e. The summed E-state index contributed by atoms with van der Waals surface area (Å²) in [5, 5.41) is 4.09. The largest absolute Gasteiger partial charge is 0.464 e. The van der Waals surface area contributed by atoms with E-state index in [0.29, 0.717) is 15.6 Å². The van der Waals surface area contributed by atoms with Gasteiger partial charge in [0.25, 0.3) is 5.91 Å². The highest BCUT2D eigenvalue weighted by Crippen LogP contribution is 2.24. The third-order valence-corrected chi connectivity index (χ3v) is 4.43. The summed E-state index contributed by atoms with van der Waals surface area (Å²) in [6.45, 7) is 1.76. The number of carbonyl (C=O) groups is 2. The first-order valence-electron chi connectivity index (χ1n) is 6.92. The van der Waals surface area contributed by atoms with Gasteiger partial charge in [-0.15, -0.1) is 11.3 Å². The maximum absolute atomic E-state index is 12.4. The third-order valence-electron chi connectivity index (χ3n) is 3.54. The van der Waals surface area contributed by atoms with E-state index in [1.54, 1.807) is 13.0 Å². The molecule has 0 radical (unpaired) electrons. The van der Waals surface area contributed by atoms with Crippen molar-refractivity contribution < 1.29 is 14.3 Å². The lowest BCUT2D eigenvalue weighted by Gasteiger charge is -2.03. The number of methoxy groups -OCH3 is 1. The van der Waals surface area contributed by atoms with Gasteiger partial charge in [0, 0.05) is 34.6 Å². The highest BCUT2D eigenvalue weighted by molar-refractivity contribution is 7.16. The van der Waals surface area contributed by atoms with Crippen molar-refractivity contribution in [3.8, 4) is 0 Å². The van der Waals surface area contributed by atoms with E-state index in [1.165, 1.54) is 18.4 Å². The van der Waals surface area contributed by atoms with Crippen LogP contribution in [0.4, 0.5) is 5.13 Å². The number of hydrogen-bond acceptors (Lipinski definition) is 5. The van der Waals surface area contributed by atoms with Crippen molar-refractivity contribution in [1.29, 1.82) is 0 Å². The number of benzene rings is 1. The molecular formula is C16H15N3O3S. The van der Waals surface area contributed by atoms with Crippen molar-refractivity contribution in [2.45, 2.75) is 6.92 Å². The summed E-state index contributed by atoms with van der Waals surface area (Å²) in [5.74, 6) is -0.772. The number of ether oxygens (including phenoxy) is 1. The minimum Gasteiger partial charge on any atom is -0.464 e. The van der Waals surface area contributed by atoms with Crippen LogP contribution in [0.25, 0.3) is 10.9 Å². The number of aromatic nitrogens is 2. The maximum atomic E-state index is 12.4. The molecule has 0 fully saturated rings. The van der Waals surface area contributed by atoms with Gasteiger partial charge < -0.3 is 9.30 Å². The van der Waals surface area contributed by atoms with Crippen LogP contribution in [-0.4, -0.2) is 28.5 Å². The summed E-state index contributed by atoms with van der Waals surface area (Å²) in [7, 11) is 3.25. The molecule has 0 saturated carbocycles. The molecule has 0 aliphatic rings. The molecule has 0 unspecified atom stereocenters. The second-order valence-electron chi connectivity index (χ2n) is 5.07. The van der Waals surface area contributed by atoms with Crippen molar-refractivity contribution in [3.05, 3.63) is 46.6 Å². The topological polar surface area (TPSA) is 73.2 Å². The van der Waals surface area contributed by atoms with Crippen molar-refractivity contribution in [2.75, 3.05) is 12.4 Å². The minimum atomic E-state index is -0.509. The Bertz CT molecular complexity index is 911. The normalized spacial score (nSPS) is 10.7. The molecule has 0 atom stereocenters. The van der Waals surface area contributed by atoms with E-state index < -0.39 is 5.97 Å². The van der Waals surface area contributed by atoms with E-state index in [0.717, 1.165) is 10.9 Å². The molecule has 23 heavy (non-hydrogen) atoms. The molecule has 0 bridgehead atoms. The average molecular weight is 329 g/mol. The number of amides is 1. The van der Waals surface area contributed by atoms with Crippen LogP contribution in [0.2, 0.25) is 0 Å². The second kappa shape index (κ2) is 5.85. The fraction of sp³-hybridized carbons (Fsp3) is 0.188. The van der Waals surface area contributed by atoms with Crippen molar-refractivity contribution in [2.24, 2.45) is 7.05 Å². The van der Waals surface area contributed by atoms with Crippen molar-refractivity contribution in [1.82, 2.24) is 9.55 Å². The average Bonchev–Trinajstić information content (AvgIpc) is 3.09. The van der Waals surface area contributed by atoms with Crippen molar-refractivity contribution in [3.63, 3.8) is 0 Å². The van der Waals surface area contributed by atoms with Gasteiger partial charge in [0.15, 0.2) is 10.8 Å². The Balaban J connectivity index is 1.84. The number of fused-ring (bicyclic) bond motifs is 1. The Hall–Kier alpha value is -2.67. The third kappa shape index (κ3) is 2.83. The number of hydrogen-bond donors (Lipinski definition) is 1. The summed E-state index contributed by atoms with van der Waals surface area (Å²) in [6, 6.07) is 7.44. The summed E-state index contributed by atoms with van der Waals surface area (Å²) < 4.78 is 6.65. The van der Waals surface area contributed by atoms with Gasteiger partial charge in [-0.05, 0) is 31.2 Å². The number of rotatable bonds is 3. The molecular weight excluding hydrogens is 314 g/mol. The number of nitrogens with zero attached hydrogens (tertiary/aromatic N) is 2. The fourth-order valence-electron chi connectivity index (χ4n) is 2.33. The SMILES string of the molecule is COC(=O)c1nc(NC(=O)c2ccc3c(ccn3C)c2)sc1C. The van der Waals surface area contributed by atoms with E-state index in [1.807, 2.05) is 36.0 Å². The van der Waals surface area contributed by atoms with Gasteiger partial charge in [0.05, 0.1) is 7.11 Å². The Morgan fingerprint density at radius 1 is 1.30 bits per heavy atom. The molecule has 3 aromatic rings. The molecule has 118 valence electrons. The first-order chi connectivity index (χ1) is 11.0. The Kier molecular flexibility index (Phi) is 3.87. The highest BCUT2D eigenvalue weighted by Gasteiger charge is 2.17. The summed E-state index contributed by atoms with van der Waals surface area (Å²) in [6.07, 6.45) is 1.94. The van der Waals surface area contributed by atoms with Crippen LogP contribution in [0.5, 0.6) is 0 Å². The zero-order valence-electron chi connectivity index (χ0n) is 12.9. The fourth-order valence-corrected chi connectivity index (χ4v) is 3.12. The monoisotopic (exact) mass is 329 g/mol. The molecule has 1 amide bonds. The molecule has 0 aliphatic heterocycles. The van der Waals surface area contributed by atoms with Gasteiger partial charge in [-0.25, -0.2) is 9.78 Å². The van der Waals surface area contributed by atoms with Gasteiger partial charge in [-0.1, -0.05) is 0 Å². The van der Waals surface area contributed by atoms with Gasteiger partial charge in [0.1, 0.15) is 0 Å². The predicted octanol–water partition coefficient (Wildman–Crippen LogP) is 2.98. The minimum absolute atomic E-state index is 0.228. The second-order valence-corrected chi connectivity index (χ2v) is 6.27. The molecule has 2 heterocycles. The van der Waals surface area contributed by atoms with E-state index in [9.17, 15) is 9.59 Å². The van der Waals surface area contributed by atoms with Crippen LogP contribution in [0.1, 0.15) is 25.7 Å². The standard InChI is InChI=1S/C16H15N3O3S/c1-9-13(15(21)22-3)17-16(23-9)18-14(20)11-4-5-12-10(8-11)6-7-19(12)2/h4-8H,1-3H3,(H,17,18,20). The molecule has 6 nitrogen and oxygen atoms in total. The molecule has 1 N–H and O–H groups in total. The summed E-state index contributed by atoms with van der Waals surface area (Å²) in [5.41, 5.74) is 1.82. The van der Waals surface area contributed by atoms with E-state index in [-0.39, 0.29) is 11.6 Å². The summed E-state index contributed by atoms with van der Waals surface area (Å²) in [4.78, 5) is 28.7. The highest BCUT2D eigenvalue weighted by atomic mass is 32.1. The molecule has 2 aromatic heterocycles. The van der Waals surface area contributed by atoms with Crippen LogP contribution in [0.3, 0.4) is 0 Å². The smallest absolute Gasteiger partial charge is 0.357 e. The number of anilines is 1. The molecule has 3 rings (SSSR count). The molecule has 0 saturated heterocycles. The van der Waals surface area contributed by atoms with E-state index in [2.05, 4.69) is 15.0 Å². The van der Waals surface area contributed by atoms with Crippen LogP contribution in [0.15, 0.2) is 30.5 Å². The first-order valence-corrected chi connectivity index (χ1v) is 7.73. The lowest BCUT2D eigenvalue weighted by atomic mass is 10.1. The van der Waals surface area contributed by atoms with Gasteiger partial charge in [0.2, 0.25) is 0 Å². The Morgan fingerprint density at radius 2 is 2.09 bits per heavy atom. The Labute approximate surface area is 136 Å². The zero-order valence-corrected chi connectivity index (χ0v) is 13.7. The number of nitrogens with one attached hydrogen (secondary N) is 1. The number of thiazole rings is 1. The molecule has 0 spiro atoms. The van der Waals surface area contributed by atoms with Gasteiger partial charge in [-0.3, -0.25) is 10.1 Å². The van der Waals surface area contributed by atoms with Crippen LogP contribution in [0, 0.1) is 6.92 Å². The molecule has 7 heteroatoms. The number of aryl methyl sites for hydroxylation is 2. The zero-order chi connectivity index (χ0) is 16.6. The lowest BCUT2D eigenvalue weighted by Crippen LogP contribution is -2.12. The number of carbonyl (C=O) groups excluding carboxylic acids is 2. The first kappa shape index (κ1) is 15.2. The van der Waals surface area contributed by atoms with Gasteiger partial charge in [-0.2, -0.15) is 0 Å². The van der Waals surface area contributed by atoms with Crippen LogP contribution in [-0.2, 0) is 11.8 Å². The van der Waals surface area contributed by atoms with Crippen LogP contribution < -0.4 is 5.32 Å². The lowest BCUT2D eigenvalue weighted by molar-refractivity contribution is 0.0594. The van der Waals surface area contributed by atoms with E-state index >= 15 is 0 Å². The number of esters is 1. The van der Waals surface area contributed by atoms with E-state index in [4.69, 9.17) is 0 Å². The molecule has 1 aromatic carbocycles. The molecule has 0 aliphatic carbocycles. The summed E-state index contributed by atoms with van der Waals surface area (Å²) >= 11 is 1.24. The van der Waals surface area contributed by atoms with Crippen LogP contribution >= 0.6 is 11.3 Å². The van der Waals surface area contributed by atoms with Crippen molar-refractivity contribution >= 4 is 39.2 Å². The Morgan fingerprint density at radius 3 is 2.83 bits per heavy atom. The quantitative estimate of drug-likeness (QED) is 0.750. The van der Waals surface area contributed by atoms with Gasteiger partial charge >= 0.3 is 5.97 Å². The predicted molar refractivity (Wildman–Crippen MR) is 89.1 cm³/mol.